The molecule has 1 aromatic rings. The normalized spacial score (nSPS) is 17.8. The van der Waals surface area contributed by atoms with Gasteiger partial charge in [0.1, 0.15) is 17.9 Å². The Labute approximate surface area is 125 Å². The molecule has 2 rings (SSSR count). The van der Waals surface area contributed by atoms with Crippen molar-refractivity contribution in [1.82, 2.24) is 9.80 Å². The summed E-state index contributed by atoms with van der Waals surface area (Å²) in [6.45, 7) is 5.34. The van der Waals surface area contributed by atoms with Crippen molar-refractivity contribution in [3.05, 3.63) is 47.3 Å². The van der Waals surface area contributed by atoms with E-state index in [0.29, 0.717) is 24.5 Å². The molecule has 0 amide bonds. The van der Waals surface area contributed by atoms with Crippen LogP contribution in [-0.4, -0.2) is 29.6 Å². The van der Waals surface area contributed by atoms with Crippen LogP contribution in [0, 0.1) is 22.8 Å². The van der Waals surface area contributed by atoms with Crippen molar-refractivity contribution < 1.29 is 4.74 Å². The zero-order valence-corrected chi connectivity index (χ0v) is 12.3. The molecule has 0 radical (unpaired) electrons. The van der Waals surface area contributed by atoms with E-state index < -0.39 is 0 Å². The molecule has 0 spiro atoms. The Bertz CT molecular complexity index is 597. The van der Waals surface area contributed by atoms with E-state index in [4.69, 9.17) is 4.74 Å². The SMILES string of the molecule is CCOCC1=C(C#N)N(CC)C(c2ccccc2)N1C#N. The monoisotopic (exact) mass is 282 g/mol. The predicted octanol–water partition coefficient (Wildman–Crippen LogP) is 2.58. The Morgan fingerprint density at radius 3 is 2.43 bits per heavy atom. The predicted molar refractivity (Wildman–Crippen MR) is 78.1 cm³/mol. The number of hydrogen-bond donors (Lipinski definition) is 0. The summed E-state index contributed by atoms with van der Waals surface area (Å²) in [5.74, 6) is 0. The van der Waals surface area contributed by atoms with Crippen LogP contribution in [0.1, 0.15) is 25.6 Å². The lowest BCUT2D eigenvalue weighted by atomic mass is 10.1. The zero-order valence-electron chi connectivity index (χ0n) is 12.3. The highest BCUT2D eigenvalue weighted by molar-refractivity contribution is 5.37. The molecule has 21 heavy (non-hydrogen) atoms. The number of nitriles is 2. The molecule has 0 aromatic heterocycles. The number of nitrogens with zero attached hydrogens (tertiary/aromatic N) is 4. The smallest absolute Gasteiger partial charge is 0.186 e. The van der Waals surface area contributed by atoms with Crippen LogP contribution in [0.3, 0.4) is 0 Å². The van der Waals surface area contributed by atoms with Gasteiger partial charge in [-0.05, 0) is 19.4 Å². The molecule has 0 saturated carbocycles. The lowest BCUT2D eigenvalue weighted by molar-refractivity contribution is 0.141. The Morgan fingerprint density at radius 1 is 1.19 bits per heavy atom. The van der Waals surface area contributed by atoms with Gasteiger partial charge in [0.15, 0.2) is 6.19 Å². The third-order valence-electron chi connectivity index (χ3n) is 3.49. The standard InChI is InChI=1S/C16H18N4O/c1-3-19-14(10-17)15(11-21-4-2)20(12-18)16(19)13-8-6-5-7-9-13/h5-9,16H,3-4,11H2,1-2H3. The van der Waals surface area contributed by atoms with Gasteiger partial charge in [-0.3, -0.25) is 4.90 Å². The second-order valence-electron chi connectivity index (χ2n) is 4.58. The van der Waals surface area contributed by atoms with E-state index in [0.717, 1.165) is 5.56 Å². The maximum Gasteiger partial charge on any atom is 0.186 e. The van der Waals surface area contributed by atoms with Crippen LogP contribution in [0.25, 0.3) is 0 Å². The molecular formula is C16H18N4O. The first kappa shape index (κ1) is 14.9. The minimum atomic E-state index is -0.272. The maximum absolute atomic E-state index is 9.54. The third-order valence-corrected chi connectivity index (χ3v) is 3.49. The third kappa shape index (κ3) is 2.69. The molecule has 1 aliphatic rings. The highest BCUT2D eigenvalue weighted by atomic mass is 16.5. The van der Waals surface area contributed by atoms with Gasteiger partial charge in [-0.1, -0.05) is 30.3 Å². The second-order valence-corrected chi connectivity index (χ2v) is 4.58. The van der Waals surface area contributed by atoms with Crippen molar-refractivity contribution in [2.24, 2.45) is 0 Å². The number of allylic oxidation sites excluding steroid dienone is 1. The van der Waals surface area contributed by atoms with Crippen molar-refractivity contribution >= 4 is 0 Å². The van der Waals surface area contributed by atoms with Crippen molar-refractivity contribution in [3.63, 3.8) is 0 Å². The topological polar surface area (TPSA) is 63.3 Å². The van der Waals surface area contributed by atoms with E-state index >= 15 is 0 Å². The van der Waals surface area contributed by atoms with E-state index in [1.54, 1.807) is 4.90 Å². The van der Waals surface area contributed by atoms with Gasteiger partial charge in [-0.15, -0.1) is 0 Å². The molecule has 1 aliphatic heterocycles. The Kier molecular flexibility index (Phi) is 4.81. The Morgan fingerprint density at radius 2 is 1.90 bits per heavy atom. The van der Waals surface area contributed by atoms with E-state index in [2.05, 4.69) is 12.3 Å². The second kappa shape index (κ2) is 6.78. The molecule has 1 unspecified atom stereocenters. The van der Waals surface area contributed by atoms with E-state index in [1.165, 1.54) is 0 Å². The lowest BCUT2D eigenvalue weighted by Gasteiger charge is -2.29. The fourth-order valence-electron chi connectivity index (χ4n) is 2.55. The van der Waals surface area contributed by atoms with Crippen LogP contribution in [0.15, 0.2) is 41.7 Å². The molecule has 5 heteroatoms. The van der Waals surface area contributed by atoms with Crippen LogP contribution in [0.4, 0.5) is 0 Å². The fraction of sp³-hybridized carbons (Fsp3) is 0.375. The maximum atomic E-state index is 9.54. The first-order chi connectivity index (χ1) is 10.3. The van der Waals surface area contributed by atoms with Gasteiger partial charge >= 0.3 is 0 Å². The fourth-order valence-corrected chi connectivity index (χ4v) is 2.55. The molecule has 0 N–H and O–H groups in total. The van der Waals surface area contributed by atoms with E-state index in [9.17, 15) is 10.5 Å². The summed E-state index contributed by atoms with van der Waals surface area (Å²) < 4.78 is 5.43. The van der Waals surface area contributed by atoms with Gasteiger partial charge in [0.05, 0.1) is 12.3 Å². The van der Waals surface area contributed by atoms with Crippen LogP contribution in [0.2, 0.25) is 0 Å². The summed E-state index contributed by atoms with van der Waals surface area (Å²) in [5.41, 5.74) is 2.14. The van der Waals surface area contributed by atoms with Gasteiger partial charge < -0.3 is 9.64 Å². The molecule has 0 aliphatic carbocycles. The molecule has 0 fully saturated rings. The van der Waals surface area contributed by atoms with Crippen molar-refractivity contribution in [1.29, 1.82) is 10.5 Å². The highest BCUT2D eigenvalue weighted by Gasteiger charge is 2.38. The van der Waals surface area contributed by atoms with Crippen molar-refractivity contribution in [2.45, 2.75) is 20.0 Å². The minimum Gasteiger partial charge on any atom is -0.375 e. The highest BCUT2D eigenvalue weighted by Crippen LogP contribution is 2.38. The number of ether oxygens (including phenoxy) is 1. The molecule has 1 atom stereocenters. The summed E-state index contributed by atoms with van der Waals surface area (Å²) >= 11 is 0. The molecular weight excluding hydrogens is 264 g/mol. The molecule has 0 saturated heterocycles. The van der Waals surface area contributed by atoms with Crippen LogP contribution >= 0.6 is 0 Å². The Balaban J connectivity index is 2.45. The van der Waals surface area contributed by atoms with Gasteiger partial charge in [0, 0.05) is 13.2 Å². The van der Waals surface area contributed by atoms with Crippen LogP contribution in [-0.2, 0) is 4.74 Å². The first-order valence-corrected chi connectivity index (χ1v) is 7.00. The average Bonchev–Trinajstić information content (AvgIpc) is 2.85. The summed E-state index contributed by atoms with van der Waals surface area (Å²) in [6.07, 6.45) is 1.93. The summed E-state index contributed by atoms with van der Waals surface area (Å²) in [7, 11) is 0. The molecule has 1 heterocycles. The average molecular weight is 282 g/mol. The van der Waals surface area contributed by atoms with Crippen molar-refractivity contribution in [3.8, 4) is 12.3 Å². The van der Waals surface area contributed by atoms with Gasteiger partial charge in [0.25, 0.3) is 0 Å². The summed E-state index contributed by atoms with van der Waals surface area (Å²) in [6, 6.07) is 12.0. The van der Waals surface area contributed by atoms with E-state index in [-0.39, 0.29) is 12.8 Å². The summed E-state index contributed by atoms with van der Waals surface area (Å²) in [5, 5.41) is 19.0. The zero-order chi connectivity index (χ0) is 15.2. The van der Waals surface area contributed by atoms with Gasteiger partial charge in [-0.25, -0.2) is 0 Å². The van der Waals surface area contributed by atoms with Crippen molar-refractivity contribution in [2.75, 3.05) is 19.8 Å². The first-order valence-electron chi connectivity index (χ1n) is 7.00. The summed E-state index contributed by atoms with van der Waals surface area (Å²) in [4.78, 5) is 3.51. The molecule has 1 aromatic carbocycles. The lowest BCUT2D eigenvalue weighted by Crippen LogP contribution is -2.30. The van der Waals surface area contributed by atoms with E-state index in [1.807, 2.05) is 49.1 Å². The minimum absolute atomic E-state index is 0.271. The number of rotatable bonds is 5. The van der Waals surface area contributed by atoms with Crippen LogP contribution in [0.5, 0.6) is 0 Å². The van der Waals surface area contributed by atoms with Gasteiger partial charge in [-0.2, -0.15) is 10.5 Å². The van der Waals surface area contributed by atoms with Crippen LogP contribution < -0.4 is 0 Å². The molecule has 5 nitrogen and oxygen atoms in total. The quantitative estimate of drug-likeness (QED) is 0.777. The number of hydrogen-bond acceptors (Lipinski definition) is 5. The number of benzene rings is 1. The molecule has 0 bridgehead atoms. The van der Waals surface area contributed by atoms with Gasteiger partial charge in [0.2, 0.25) is 0 Å². The Hall–Kier alpha value is -2.50. The molecule has 108 valence electrons. The largest absolute Gasteiger partial charge is 0.375 e.